The molecule has 38 heavy (non-hydrogen) atoms. The van der Waals surface area contributed by atoms with Gasteiger partial charge in [-0.15, -0.1) is 0 Å². The number of rotatable bonds is 5. The van der Waals surface area contributed by atoms with Gasteiger partial charge in [-0.05, 0) is 72.6 Å². The molecule has 0 bridgehead atoms. The number of anilines is 1. The van der Waals surface area contributed by atoms with E-state index in [0.717, 1.165) is 60.0 Å². The van der Waals surface area contributed by atoms with Gasteiger partial charge in [0.25, 0.3) is 5.91 Å². The summed E-state index contributed by atoms with van der Waals surface area (Å²) in [7, 11) is 3.92. The molecule has 1 amide bonds. The number of aryl methyl sites for hydroxylation is 2. The van der Waals surface area contributed by atoms with Crippen LogP contribution < -0.4 is 5.32 Å². The van der Waals surface area contributed by atoms with Crippen LogP contribution in [0.4, 0.5) is 18.9 Å². The molecule has 1 fully saturated rings. The lowest BCUT2D eigenvalue weighted by molar-refractivity contribution is -0.138. The molecule has 1 aromatic heterocycles. The molecular weight excluding hydrogens is 491 g/mol. The molecule has 0 radical (unpaired) electrons. The van der Waals surface area contributed by atoms with Crippen LogP contribution in [0.25, 0.3) is 22.2 Å². The molecule has 0 spiro atoms. The van der Waals surface area contributed by atoms with Gasteiger partial charge in [-0.25, -0.2) is 4.98 Å². The molecule has 0 atom stereocenters. The van der Waals surface area contributed by atoms with Crippen LogP contribution in [0.5, 0.6) is 0 Å². The third-order valence-electron chi connectivity index (χ3n) is 7.20. The lowest BCUT2D eigenvalue weighted by atomic mass is 9.97. The molecule has 1 N–H and O–H groups in total. The number of benzene rings is 3. The minimum atomic E-state index is -4.52. The highest BCUT2D eigenvalue weighted by Gasteiger charge is 2.34. The van der Waals surface area contributed by atoms with Crippen molar-refractivity contribution >= 4 is 22.6 Å². The van der Waals surface area contributed by atoms with Crippen LogP contribution in [0.15, 0.2) is 60.9 Å². The van der Waals surface area contributed by atoms with Crippen molar-refractivity contribution in [3.8, 4) is 11.1 Å². The smallest absolute Gasteiger partial charge is 0.334 e. The number of alkyl halides is 3. The summed E-state index contributed by atoms with van der Waals surface area (Å²) in [5.74, 6) is -0.465. The van der Waals surface area contributed by atoms with Crippen LogP contribution in [0, 0.1) is 6.92 Å². The van der Waals surface area contributed by atoms with Crippen molar-refractivity contribution < 1.29 is 18.0 Å². The maximum atomic E-state index is 14.0. The number of fused-ring (bicyclic) bond motifs is 1. The van der Waals surface area contributed by atoms with Crippen LogP contribution in [0.1, 0.15) is 27.0 Å². The van der Waals surface area contributed by atoms with E-state index in [1.165, 1.54) is 6.07 Å². The van der Waals surface area contributed by atoms with Crippen molar-refractivity contribution in [1.82, 2.24) is 19.4 Å². The van der Waals surface area contributed by atoms with Gasteiger partial charge in [0.05, 0.1) is 22.9 Å². The number of hydrogen-bond donors (Lipinski definition) is 1. The predicted octanol–water partition coefficient (Wildman–Crippen LogP) is 5.57. The summed E-state index contributed by atoms with van der Waals surface area (Å²) in [5.41, 5.74) is 4.60. The summed E-state index contributed by atoms with van der Waals surface area (Å²) in [4.78, 5) is 21.6. The van der Waals surface area contributed by atoms with Gasteiger partial charge in [-0.3, -0.25) is 9.69 Å². The first kappa shape index (κ1) is 25.9. The average molecular weight is 522 g/mol. The Bertz CT molecular complexity index is 1490. The van der Waals surface area contributed by atoms with Crippen LogP contribution >= 0.6 is 0 Å². The van der Waals surface area contributed by atoms with E-state index in [2.05, 4.69) is 15.2 Å². The standard InChI is InChI=1S/C29H30F3N5O/c1-19-4-5-21(14-24(19)20-7-9-26-27(15-20)36(3)18-33-26)28(38)34-23-8-6-22(25(16-23)29(30,31)32)17-37-12-10-35(2)11-13-37/h4-9,14-16,18H,10-13,17H2,1-3H3,(H,34,38). The molecule has 1 aliphatic rings. The zero-order valence-corrected chi connectivity index (χ0v) is 21.6. The number of nitrogens with zero attached hydrogens (tertiary/aromatic N) is 4. The summed E-state index contributed by atoms with van der Waals surface area (Å²) in [6.45, 7) is 5.26. The second-order valence-electron chi connectivity index (χ2n) is 9.99. The third kappa shape index (κ3) is 5.44. The number of carbonyl (C=O) groups excluding carboxylic acids is 1. The van der Waals surface area contributed by atoms with E-state index in [9.17, 15) is 18.0 Å². The fourth-order valence-corrected chi connectivity index (χ4v) is 4.87. The minimum Gasteiger partial charge on any atom is -0.334 e. The van der Waals surface area contributed by atoms with Crippen LogP contribution in [-0.4, -0.2) is 58.5 Å². The molecule has 1 aliphatic heterocycles. The Kier molecular flexibility index (Phi) is 6.98. The van der Waals surface area contributed by atoms with Crippen molar-refractivity contribution in [2.45, 2.75) is 19.6 Å². The van der Waals surface area contributed by atoms with Crippen LogP contribution in [0.2, 0.25) is 0 Å². The molecule has 198 valence electrons. The average Bonchev–Trinajstić information content (AvgIpc) is 3.26. The van der Waals surface area contributed by atoms with Crippen molar-refractivity contribution in [3.05, 3.63) is 83.2 Å². The first-order valence-corrected chi connectivity index (χ1v) is 12.5. The van der Waals surface area contributed by atoms with E-state index in [0.29, 0.717) is 5.56 Å². The molecule has 0 unspecified atom stereocenters. The van der Waals surface area contributed by atoms with Gasteiger partial charge in [0, 0.05) is 51.0 Å². The fraction of sp³-hybridized carbons (Fsp3) is 0.310. The van der Waals surface area contributed by atoms with Gasteiger partial charge < -0.3 is 14.8 Å². The third-order valence-corrected chi connectivity index (χ3v) is 7.20. The number of amides is 1. The van der Waals surface area contributed by atoms with Crippen LogP contribution in [0.3, 0.4) is 0 Å². The monoisotopic (exact) mass is 521 g/mol. The number of piperazine rings is 1. The number of nitrogens with one attached hydrogen (secondary N) is 1. The Morgan fingerprint density at radius 1 is 0.974 bits per heavy atom. The summed E-state index contributed by atoms with van der Waals surface area (Å²) >= 11 is 0. The predicted molar refractivity (Wildman–Crippen MR) is 143 cm³/mol. The summed E-state index contributed by atoms with van der Waals surface area (Å²) in [6, 6.07) is 15.3. The molecule has 0 saturated carbocycles. The Balaban J connectivity index is 1.38. The van der Waals surface area contributed by atoms with E-state index in [1.807, 2.05) is 54.8 Å². The van der Waals surface area contributed by atoms with Crippen molar-refractivity contribution in [2.75, 3.05) is 38.5 Å². The van der Waals surface area contributed by atoms with E-state index in [4.69, 9.17) is 0 Å². The largest absolute Gasteiger partial charge is 0.416 e. The Morgan fingerprint density at radius 3 is 2.47 bits per heavy atom. The Hall–Kier alpha value is -3.69. The molecule has 1 saturated heterocycles. The van der Waals surface area contributed by atoms with Gasteiger partial charge in [0.1, 0.15) is 0 Å². The van der Waals surface area contributed by atoms with Gasteiger partial charge in [-0.2, -0.15) is 13.2 Å². The maximum absolute atomic E-state index is 14.0. The molecular formula is C29H30F3N5O. The number of halogens is 3. The maximum Gasteiger partial charge on any atom is 0.416 e. The lowest BCUT2D eigenvalue weighted by Gasteiger charge is -2.33. The fourth-order valence-electron chi connectivity index (χ4n) is 4.87. The minimum absolute atomic E-state index is 0.114. The molecule has 4 aromatic rings. The Labute approximate surface area is 219 Å². The number of carbonyl (C=O) groups is 1. The summed E-state index contributed by atoms with van der Waals surface area (Å²) in [5, 5.41) is 2.67. The van der Waals surface area contributed by atoms with Gasteiger partial charge in [-0.1, -0.05) is 18.2 Å². The van der Waals surface area contributed by atoms with Crippen molar-refractivity contribution in [1.29, 1.82) is 0 Å². The second-order valence-corrected chi connectivity index (χ2v) is 9.99. The highest BCUT2D eigenvalue weighted by molar-refractivity contribution is 6.05. The normalized spacial score (nSPS) is 15.2. The van der Waals surface area contributed by atoms with Gasteiger partial charge in [0.15, 0.2) is 0 Å². The molecule has 3 aromatic carbocycles. The lowest BCUT2D eigenvalue weighted by Crippen LogP contribution is -2.44. The zero-order chi connectivity index (χ0) is 27.0. The quantitative estimate of drug-likeness (QED) is 0.373. The molecule has 6 nitrogen and oxygen atoms in total. The summed E-state index contributed by atoms with van der Waals surface area (Å²) in [6.07, 6.45) is -2.78. The van der Waals surface area contributed by atoms with Gasteiger partial charge >= 0.3 is 6.18 Å². The van der Waals surface area contributed by atoms with E-state index in [-0.39, 0.29) is 17.8 Å². The molecule has 9 heteroatoms. The zero-order valence-electron chi connectivity index (χ0n) is 21.6. The Morgan fingerprint density at radius 2 is 1.74 bits per heavy atom. The first-order chi connectivity index (χ1) is 18.1. The molecule has 0 aliphatic carbocycles. The second kappa shape index (κ2) is 10.2. The first-order valence-electron chi connectivity index (χ1n) is 12.5. The molecule has 5 rings (SSSR count). The highest BCUT2D eigenvalue weighted by atomic mass is 19.4. The number of imidazole rings is 1. The van der Waals surface area contributed by atoms with E-state index >= 15 is 0 Å². The van der Waals surface area contributed by atoms with Crippen molar-refractivity contribution in [2.24, 2.45) is 7.05 Å². The SMILES string of the molecule is Cc1ccc(C(=O)Nc2ccc(CN3CCN(C)CC3)c(C(F)(F)F)c2)cc1-c1ccc2ncn(C)c2c1. The number of hydrogen-bond acceptors (Lipinski definition) is 4. The van der Waals surface area contributed by atoms with E-state index in [1.54, 1.807) is 24.5 Å². The van der Waals surface area contributed by atoms with Crippen LogP contribution in [-0.2, 0) is 19.8 Å². The number of likely N-dealkylation sites (N-methyl/N-ethyl adjacent to an activating group) is 1. The highest BCUT2D eigenvalue weighted by Crippen LogP contribution is 2.35. The van der Waals surface area contributed by atoms with Crippen molar-refractivity contribution in [3.63, 3.8) is 0 Å². The van der Waals surface area contributed by atoms with Gasteiger partial charge in [0.2, 0.25) is 0 Å². The molecule has 2 heterocycles. The number of aromatic nitrogens is 2. The topological polar surface area (TPSA) is 53.4 Å². The van der Waals surface area contributed by atoms with E-state index < -0.39 is 17.6 Å². The summed E-state index contributed by atoms with van der Waals surface area (Å²) < 4.78 is 43.8.